The van der Waals surface area contributed by atoms with Gasteiger partial charge in [-0.25, -0.2) is 0 Å². The van der Waals surface area contributed by atoms with Crippen LogP contribution in [0, 0.1) is 0 Å². The first-order chi connectivity index (χ1) is 5.58. The molecule has 0 bridgehead atoms. The first kappa shape index (κ1) is 10.4. The summed E-state index contributed by atoms with van der Waals surface area (Å²) in [4.78, 5) is 0. The zero-order chi connectivity index (χ0) is 9.19. The quantitative estimate of drug-likeness (QED) is 0.639. The van der Waals surface area contributed by atoms with Crippen LogP contribution in [0.2, 0.25) is 25.2 Å². The van der Waals surface area contributed by atoms with Crippen LogP contribution < -0.4 is 0 Å². The lowest BCUT2D eigenvalue weighted by atomic mass is 10.9. The first-order valence-electron chi connectivity index (χ1n) is 4.71. The van der Waals surface area contributed by atoms with Crippen molar-refractivity contribution < 1.29 is 8.54 Å². The third-order valence-corrected chi connectivity index (χ3v) is 8.33. The Morgan fingerprint density at radius 3 is 2.33 bits per heavy atom. The van der Waals surface area contributed by atoms with Crippen LogP contribution >= 0.6 is 0 Å². The molecule has 1 atom stereocenters. The molecule has 0 aliphatic heterocycles. The Hall–Kier alpha value is 0.354. The van der Waals surface area contributed by atoms with Gasteiger partial charge in [0.1, 0.15) is 0 Å². The smallest absolute Gasteiger partial charge is 0.327 e. The molecule has 4 heteroatoms. The monoisotopic (exact) mass is 203 g/mol. The fourth-order valence-electron chi connectivity index (χ4n) is 1.53. The summed E-state index contributed by atoms with van der Waals surface area (Å²) in [5.74, 6) is 0. The van der Waals surface area contributed by atoms with E-state index in [9.17, 15) is 0 Å². The van der Waals surface area contributed by atoms with Crippen molar-refractivity contribution in [3.05, 3.63) is 0 Å². The molecule has 1 aliphatic carbocycles. The first-order valence-corrected chi connectivity index (χ1v) is 9.52. The molecule has 2 nitrogen and oxygen atoms in total. The van der Waals surface area contributed by atoms with Gasteiger partial charge in [-0.15, -0.1) is 0 Å². The van der Waals surface area contributed by atoms with E-state index in [1.54, 1.807) is 0 Å². The van der Waals surface area contributed by atoms with E-state index >= 15 is 0 Å². The van der Waals surface area contributed by atoms with Crippen LogP contribution in [0.25, 0.3) is 0 Å². The van der Waals surface area contributed by atoms with E-state index in [-0.39, 0.29) is 0 Å². The predicted octanol–water partition coefficient (Wildman–Crippen LogP) is 2.53. The molecule has 71 valence electrons. The third kappa shape index (κ3) is 2.69. The molecule has 12 heavy (non-hydrogen) atoms. The van der Waals surface area contributed by atoms with Gasteiger partial charge < -0.3 is 8.54 Å². The van der Waals surface area contributed by atoms with Crippen LogP contribution in [0.15, 0.2) is 0 Å². The Kier molecular flexibility index (Phi) is 3.51. The molecule has 0 spiro atoms. The minimum absolute atomic E-state index is 0.581. The standard InChI is InChI=1S/C8H19O2Si2/c1-5-9-12(4,8-6-7-8)10-11(2)3/h8H,5-7H2,1-4H3. The zero-order valence-corrected chi connectivity index (χ0v) is 10.5. The van der Waals surface area contributed by atoms with Gasteiger partial charge >= 0.3 is 8.56 Å². The van der Waals surface area contributed by atoms with Gasteiger partial charge in [0.05, 0.1) is 0 Å². The van der Waals surface area contributed by atoms with E-state index < -0.39 is 17.6 Å². The average Bonchev–Trinajstić information content (AvgIpc) is 2.65. The van der Waals surface area contributed by atoms with Crippen LogP contribution in [0.4, 0.5) is 0 Å². The van der Waals surface area contributed by atoms with Crippen LogP contribution in [0.3, 0.4) is 0 Å². The van der Waals surface area contributed by atoms with Gasteiger partial charge in [-0.05, 0) is 39.4 Å². The molecule has 1 unspecified atom stereocenters. The van der Waals surface area contributed by atoms with Crippen molar-refractivity contribution in [3.63, 3.8) is 0 Å². The predicted molar refractivity (Wildman–Crippen MR) is 54.8 cm³/mol. The summed E-state index contributed by atoms with van der Waals surface area (Å²) in [6, 6.07) is 0. The molecule has 0 N–H and O–H groups in total. The summed E-state index contributed by atoms with van der Waals surface area (Å²) in [6.07, 6.45) is 2.66. The Morgan fingerprint density at radius 2 is 2.00 bits per heavy atom. The molecule has 1 fully saturated rings. The number of hydrogen-bond donors (Lipinski definition) is 0. The lowest BCUT2D eigenvalue weighted by Gasteiger charge is -2.28. The Bertz CT molecular complexity index is 148. The van der Waals surface area contributed by atoms with Crippen LogP contribution in [0.5, 0.6) is 0 Å². The van der Waals surface area contributed by atoms with Crippen molar-refractivity contribution in [2.75, 3.05) is 6.61 Å². The molecule has 1 aliphatic rings. The maximum atomic E-state index is 6.02. The zero-order valence-electron chi connectivity index (χ0n) is 8.52. The Morgan fingerprint density at radius 1 is 1.42 bits per heavy atom. The second kappa shape index (κ2) is 4.04. The van der Waals surface area contributed by atoms with Crippen LogP contribution in [-0.4, -0.2) is 24.2 Å². The molecule has 0 aromatic heterocycles. The maximum absolute atomic E-state index is 6.02. The summed E-state index contributed by atoms with van der Waals surface area (Å²) in [5, 5.41) is 0. The maximum Gasteiger partial charge on any atom is 0.327 e. The van der Waals surface area contributed by atoms with Crippen molar-refractivity contribution in [1.29, 1.82) is 0 Å². The highest BCUT2D eigenvalue weighted by Gasteiger charge is 2.47. The van der Waals surface area contributed by atoms with Gasteiger partial charge in [0, 0.05) is 12.1 Å². The molecule has 0 aromatic carbocycles. The third-order valence-electron chi connectivity index (χ3n) is 2.16. The molecular weight excluding hydrogens is 184 g/mol. The molecule has 0 saturated heterocycles. The number of rotatable bonds is 5. The van der Waals surface area contributed by atoms with Gasteiger partial charge in [-0.2, -0.15) is 0 Å². The largest absolute Gasteiger partial charge is 0.436 e. The van der Waals surface area contributed by atoms with Crippen molar-refractivity contribution in [3.8, 4) is 0 Å². The van der Waals surface area contributed by atoms with E-state index in [0.717, 1.165) is 12.1 Å². The fraction of sp³-hybridized carbons (Fsp3) is 1.00. The normalized spacial score (nSPS) is 22.8. The van der Waals surface area contributed by atoms with Crippen molar-refractivity contribution >= 4 is 17.6 Å². The van der Waals surface area contributed by atoms with Crippen molar-refractivity contribution in [1.82, 2.24) is 0 Å². The van der Waals surface area contributed by atoms with E-state index in [2.05, 4.69) is 26.6 Å². The highest BCUT2D eigenvalue weighted by molar-refractivity contribution is 6.75. The van der Waals surface area contributed by atoms with Crippen molar-refractivity contribution in [2.24, 2.45) is 0 Å². The minimum Gasteiger partial charge on any atom is -0.436 e. The highest BCUT2D eigenvalue weighted by atomic mass is 28.4. The van der Waals surface area contributed by atoms with Gasteiger partial charge in [0.25, 0.3) is 0 Å². The van der Waals surface area contributed by atoms with Crippen LogP contribution in [0.1, 0.15) is 19.8 Å². The van der Waals surface area contributed by atoms with E-state index in [1.165, 1.54) is 12.8 Å². The SMILES string of the molecule is CCO[Si](C)(O[Si](C)C)C1CC1. The lowest BCUT2D eigenvalue weighted by Crippen LogP contribution is -2.42. The molecule has 1 rings (SSSR count). The lowest BCUT2D eigenvalue weighted by molar-refractivity contribution is 0.256. The van der Waals surface area contributed by atoms with E-state index in [1.807, 2.05) is 0 Å². The fourth-order valence-corrected chi connectivity index (χ4v) is 7.70. The minimum atomic E-state index is -1.73. The summed E-state index contributed by atoms with van der Waals surface area (Å²) in [7, 11) is -2.31. The Labute approximate surface area is 78.2 Å². The molecular formula is C8H19O2Si2. The average molecular weight is 203 g/mol. The summed E-state index contributed by atoms with van der Waals surface area (Å²) < 4.78 is 11.8. The molecule has 1 saturated carbocycles. The van der Waals surface area contributed by atoms with Gasteiger partial charge in [-0.1, -0.05) is 0 Å². The Balaban J connectivity index is 2.45. The second-order valence-corrected chi connectivity index (χ2v) is 9.50. The van der Waals surface area contributed by atoms with Gasteiger partial charge in [0.2, 0.25) is 0 Å². The van der Waals surface area contributed by atoms with Gasteiger partial charge in [0.15, 0.2) is 9.04 Å². The summed E-state index contributed by atoms with van der Waals surface area (Å²) in [5.41, 5.74) is 0.789. The van der Waals surface area contributed by atoms with E-state index in [4.69, 9.17) is 8.54 Å². The topological polar surface area (TPSA) is 18.5 Å². The second-order valence-electron chi connectivity index (χ2n) is 3.73. The van der Waals surface area contributed by atoms with E-state index in [0.29, 0.717) is 0 Å². The highest BCUT2D eigenvalue weighted by Crippen LogP contribution is 2.46. The molecule has 0 amide bonds. The summed E-state index contributed by atoms with van der Waals surface area (Å²) in [6.45, 7) is 9.49. The van der Waals surface area contributed by atoms with Crippen LogP contribution in [-0.2, 0) is 8.54 Å². The number of hydrogen-bond acceptors (Lipinski definition) is 2. The van der Waals surface area contributed by atoms with Crippen molar-refractivity contribution in [2.45, 2.75) is 44.9 Å². The molecule has 0 heterocycles. The molecule has 0 aromatic rings. The summed E-state index contributed by atoms with van der Waals surface area (Å²) >= 11 is 0. The van der Waals surface area contributed by atoms with Gasteiger partial charge in [-0.3, -0.25) is 0 Å². The molecule has 1 radical (unpaired) electrons.